The van der Waals surface area contributed by atoms with E-state index in [1.807, 2.05) is 6.92 Å². The molecule has 1 fully saturated rings. The van der Waals surface area contributed by atoms with Crippen LogP contribution in [0.4, 0.5) is 0 Å². The van der Waals surface area contributed by atoms with Crippen molar-refractivity contribution in [2.75, 3.05) is 45.8 Å². The molecule has 0 aromatic rings. The van der Waals surface area contributed by atoms with Crippen LogP contribution in [-0.2, 0) is 4.79 Å². The lowest BCUT2D eigenvalue weighted by Gasteiger charge is -2.37. The van der Waals surface area contributed by atoms with Crippen molar-refractivity contribution in [2.24, 2.45) is 5.73 Å². The van der Waals surface area contributed by atoms with Crippen molar-refractivity contribution in [1.82, 2.24) is 15.1 Å². The molecule has 1 aliphatic rings. The number of amides is 1. The lowest BCUT2D eigenvalue weighted by atomic mass is 10.2. The zero-order valence-electron chi connectivity index (χ0n) is 13.9. The summed E-state index contributed by atoms with van der Waals surface area (Å²) in [5.41, 5.74) is 5.53. The Morgan fingerprint density at radius 2 is 1.86 bits per heavy atom. The third kappa shape index (κ3) is 7.25. The van der Waals surface area contributed by atoms with Crippen LogP contribution >= 0.6 is 0 Å². The standard InChI is InChI=1S/C16H34N4O/c1-3-4-6-9-18-16(21)15(2)20-13-11-19(12-14-20)10-7-5-8-17/h15H,3-14,17H2,1-2H3,(H,18,21). The maximum Gasteiger partial charge on any atom is 0.237 e. The predicted octanol–water partition coefficient (Wildman–Crippen LogP) is 1.04. The molecule has 0 radical (unpaired) electrons. The van der Waals surface area contributed by atoms with Crippen molar-refractivity contribution in [3.63, 3.8) is 0 Å². The van der Waals surface area contributed by atoms with Crippen molar-refractivity contribution in [3.05, 3.63) is 0 Å². The molecule has 1 amide bonds. The van der Waals surface area contributed by atoms with E-state index in [0.29, 0.717) is 0 Å². The average Bonchev–Trinajstić information content (AvgIpc) is 2.51. The monoisotopic (exact) mass is 298 g/mol. The number of hydrogen-bond acceptors (Lipinski definition) is 4. The molecule has 5 nitrogen and oxygen atoms in total. The summed E-state index contributed by atoms with van der Waals surface area (Å²) >= 11 is 0. The van der Waals surface area contributed by atoms with Crippen LogP contribution in [0.25, 0.3) is 0 Å². The Labute approximate surface area is 130 Å². The highest BCUT2D eigenvalue weighted by Gasteiger charge is 2.24. The van der Waals surface area contributed by atoms with Gasteiger partial charge in [0.15, 0.2) is 0 Å². The summed E-state index contributed by atoms with van der Waals surface area (Å²) in [7, 11) is 0. The minimum absolute atomic E-state index is 0.00202. The van der Waals surface area contributed by atoms with Gasteiger partial charge in [0.05, 0.1) is 6.04 Å². The van der Waals surface area contributed by atoms with E-state index in [2.05, 4.69) is 22.0 Å². The van der Waals surface area contributed by atoms with Crippen LogP contribution in [0.5, 0.6) is 0 Å². The number of piperazine rings is 1. The zero-order valence-corrected chi connectivity index (χ0v) is 13.9. The lowest BCUT2D eigenvalue weighted by Crippen LogP contribution is -2.54. The molecule has 1 unspecified atom stereocenters. The average molecular weight is 298 g/mol. The van der Waals surface area contributed by atoms with Gasteiger partial charge in [-0.15, -0.1) is 0 Å². The maximum absolute atomic E-state index is 12.1. The third-order valence-corrected chi connectivity index (χ3v) is 4.34. The normalized spacial score (nSPS) is 18.6. The molecule has 0 aliphatic carbocycles. The first kappa shape index (κ1) is 18.4. The quantitative estimate of drug-likeness (QED) is 0.592. The van der Waals surface area contributed by atoms with Gasteiger partial charge in [-0.3, -0.25) is 9.69 Å². The van der Waals surface area contributed by atoms with Gasteiger partial charge < -0.3 is 16.0 Å². The molecule has 0 spiro atoms. The van der Waals surface area contributed by atoms with Gasteiger partial charge in [-0.05, 0) is 39.3 Å². The van der Waals surface area contributed by atoms with E-state index < -0.39 is 0 Å². The first-order valence-corrected chi connectivity index (χ1v) is 8.63. The second-order valence-corrected chi connectivity index (χ2v) is 6.05. The number of carbonyl (C=O) groups excluding carboxylic acids is 1. The molecule has 1 saturated heterocycles. The van der Waals surface area contributed by atoms with E-state index in [1.54, 1.807) is 0 Å². The number of nitrogens with zero attached hydrogens (tertiary/aromatic N) is 2. The molecular formula is C16H34N4O. The van der Waals surface area contributed by atoms with Gasteiger partial charge in [0.1, 0.15) is 0 Å². The molecule has 3 N–H and O–H groups in total. The van der Waals surface area contributed by atoms with Crippen LogP contribution in [0.2, 0.25) is 0 Å². The summed E-state index contributed by atoms with van der Waals surface area (Å²) in [4.78, 5) is 16.9. The van der Waals surface area contributed by atoms with Crippen LogP contribution in [0.3, 0.4) is 0 Å². The summed E-state index contributed by atoms with van der Waals surface area (Å²) < 4.78 is 0. The third-order valence-electron chi connectivity index (χ3n) is 4.34. The molecule has 0 aromatic carbocycles. The Bertz CT molecular complexity index is 277. The highest BCUT2D eigenvalue weighted by molar-refractivity contribution is 5.81. The number of hydrogen-bond donors (Lipinski definition) is 2. The molecule has 0 saturated carbocycles. The van der Waals surface area contributed by atoms with E-state index in [9.17, 15) is 4.79 Å². The van der Waals surface area contributed by atoms with Crippen molar-refractivity contribution >= 4 is 5.91 Å². The molecule has 1 atom stereocenters. The molecule has 0 bridgehead atoms. The highest BCUT2D eigenvalue weighted by Crippen LogP contribution is 2.07. The first-order valence-electron chi connectivity index (χ1n) is 8.63. The number of nitrogens with two attached hydrogens (primary N) is 1. The van der Waals surface area contributed by atoms with Crippen molar-refractivity contribution in [1.29, 1.82) is 0 Å². The van der Waals surface area contributed by atoms with E-state index >= 15 is 0 Å². The summed E-state index contributed by atoms with van der Waals surface area (Å²) in [5, 5.41) is 3.06. The minimum atomic E-state index is -0.00202. The Morgan fingerprint density at radius 1 is 1.14 bits per heavy atom. The Kier molecular flexibility index (Phi) is 9.63. The van der Waals surface area contributed by atoms with Gasteiger partial charge >= 0.3 is 0 Å². The van der Waals surface area contributed by atoms with Gasteiger partial charge in [-0.2, -0.15) is 0 Å². The number of rotatable bonds is 10. The molecular weight excluding hydrogens is 264 g/mol. The molecule has 5 heteroatoms. The van der Waals surface area contributed by atoms with E-state index in [-0.39, 0.29) is 11.9 Å². The molecule has 1 heterocycles. The second kappa shape index (κ2) is 11.0. The van der Waals surface area contributed by atoms with E-state index in [4.69, 9.17) is 5.73 Å². The topological polar surface area (TPSA) is 61.6 Å². The summed E-state index contributed by atoms with van der Waals surface area (Å²) in [6.07, 6.45) is 5.76. The fourth-order valence-corrected chi connectivity index (χ4v) is 2.75. The molecule has 1 aliphatic heterocycles. The predicted molar refractivity (Wildman–Crippen MR) is 88.3 cm³/mol. The highest BCUT2D eigenvalue weighted by atomic mass is 16.2. The lowest BCUT2D eigenvalue weighted by molar-refractivity contribution is -0.126. The molecule has 1 rings (SSSR count). The van der Waals surface area contributed by atoms with Gasteiger partial charge in [-0.1, -0.05) is 19.8 Å². The van der Waals surface area contributed by atoms with E-state index in [0.717, 1.165) is 58.7 Å². The number of unbranched alkanes of at least 4 members (excludes halogenated alkanes) is 3. The van der Waals surface area contributed by atoms with Crippen LogP contribution in [-0.4, -0.2) is 67.6 Å². The zero-order chi connectivity index (χ0) is 15.5. The van der Waals surface area contributed by atoms with E-state index in [1.165, 1.54) is 19.3 Å². The summed E-state index contributed by atoms with van der Waals surface area (Å²) in [6.45, 7) is 11.1. The second-order valence-electron chi connectivity index (χ2n) is 6.05. The van der Waals surface area contributed by atoms with Gasteiger partial charge in [0, 0.05) is 32.7 Å². The minimum Gasteiger partial charge on any atom is -0.355 e. The van der Waals surface area contributed by atoms with Crippen molar-refractivity contribution in [2.45, 2.75) is 52.0 Å². The van der Waals surface area contributed by atoms with Gasteiger partial charge in [0.2, 0.25) is 5.91 Å². The van der Waals surface area contributed by atoms with Crippen LogP contribution in [0.1, 0.15) is 46.0 Å². The molecule has 21 heavy (non-hydrogen) atoms. The van der Waals surface area contributed by atoms with Gasteiger partial charge in [-0.25, -0.2) is 0 Å². The Balaban J connectivity index is 2.18. The molecule has 0 aromatic heterocycles. The Morgan fingerprint density at radius 3 is 2.48 bits per heavy atom. The SMILES string of the molecule is CCCCCNC(=O)C(C)N1CCN(CCCCN)CC1. The molecule has 124 valence electrons. The summed E-state index contributed by atoms with van der Waals surface area (Å²) in [6, 6.07) is -0.00202. The number of carbonyl (C=O) groups is 1. The largest absolute Gasteiger partial charge is 0.355 e. The Hall–Kier alpha value is -0.650. The van der Waals surface area contributed by atoms with Crippen molar-refractivity contribution < 1.29 is 4.79 Å². The van der Waals surface area contributed by atoms with Crippen LogP contribution in [0, 0.1) is 0 Å². The van der Waals surface area contributed by atoms with Crippen molar-refractivity contribution in [3.8, 4) is 0 Å². The first-order chi connectivity index (χ1) is 10.2. The fraction of sp³-hybridized carbons (Fsp3) is 0.938. The van der Waals surface area contributed by atoms with Crippen LogP contribution < -0.4 is 11.1 Å². The number of nitrogens with one attached hydrogen (secondary N) is 1. The van der Waals surface area contributed by atoms with Crippen LogP contribution in [0.15, 0.2) is 0 Å². The fourth-order valence-electron chi connectivity index (χ4n) is 2.75. The smallest absolute Gasteiger partial charge is 0.237 e. The maximum atomic E-state index is 12.1. The summed E-state index contributed by atoms with van der Waals surface area (Å²) in [5.74, 6) is 0.183. The van der Waals surface area contributed by atoms with Gasteiger partial charge in [0.25, 0.3) is 0 Å².